The van der Waals surface area contributed by atoms with Crippen LogP contribution in [-0.2, 0) is 6.54 Å². The molecule has 0 saturated carbocycles. The van der Waals surface area contributed by atoms with Gasteiger partial charge in [0.25, 0.3) is 0 Å². The molecular formula is C13H25N3S. The molecule has 1 unspecified atom stereocenters. The van der Waals surface area contributed by atoms with Gasteiger partial charge in [0, 0.05) is 24.5 Å². The molecule has 0 radical (unpaired) electrons. The molecule has 0 saturated heterocycles. The van der Waals surface area contributed by atoms with E-state index in [0.717, 1.165) is 24.7 Å². The second-order valence-electron chi connectivity index (χ2n) is 4.72. The molecule has 0 aliphatic heterocycles. The molecule has 1 N–H and O–H groups in total. The van der Waals surface area contributed by atoms with Gasteiger partial charge in [-0.2, -0.15) is 0 Å². The minimum Gasteiger partial charge on any atom is -0.310 e. The van der Waals surface area contributed by atoms with Crippen LogP contribution in [0.4, 0.5) is 0 Å². The first-order valence-corrected chi connectivity index (χ1v) is 7.37. The van der Waals surface area contributed by atoms with Crippen molar-refractivity contribution in [1.82, 2.24) is 15.2 Å². The molecule has 17 heavy (non-hydrogen) atoms. The molecule has 1 aromatic rings. The highest BCUT2D eigenvalue weighted by Gasteiger charge is 2.19. The summed E-state index contributed by atoms with van der Waals surface area (Å²) in [5.41, 5.74) is 3.04. The van der Waals surface area contributed by atoms with Crippen molar-refractivity contribution in [1.29, 1.82) is 0 Å². The monoisotopic (exact) mass is 255 g/mol. The van der Waals surface area contributed by atoms with Crippen LogP contribution in [0.15, 0.2) is 10.9 Å². The predicted octanol–water partition coefficient (Wildman–Crippen LogP) is 2.60. The number of nitrogens with zero attached hydrogens (tertiary/aromatic N) is 2. The Morgan fingerprint density at radius 2 is 2.06 bits per heavy atom. The lowest BCUT2D eigenvalue weighted by atomic mass is 9.93. The summed E-state index contributed by atoms with van der Waals surface area (Å²) < 4.78 is 0. The molecule has 98 valence electrons. The number of thiazole rings is 1. The van der Waals surface area contributed by atoms with Crippen LogP contribution < -0.4 is 5.32 Å². The zero-order chi connectivity index (χ0) is 12.7. The molecule has 1 aromatic heterocycles. The van der Waals surface area contributed by atoms with Gasteiger partial charge in [-0.25, -0.2) is 4.98 Å². The second kappa shape index (κ2) is 7.80. The number of nitrogens with one attached hydrogen (secondary N) is 1. The van der Waals surface area contributed by atoms with Gasteiger partial charge in [0.2, 0.25) is 0 Å². The Labute approximate surface area is 109 Å². The van der Waals surface area contributed by atoms with Crippen LogP contribution in [0.1, 0.15) is 32.4 Å². The van der Waals surface area contributed by atoms with E-state index in [1.165, 1.54) is 12.8 Å². The summed E-state index contributed by atoms with van der Waals surface area (Å²) in [6, 6.07) is 0.614. The summed E-state index contributed by atoms with van der Waals surface area (Å²) in [6.07, 6.45) is 2.50. The zero-order valence-corrected chi connectivity index (χ0v) is 12.3. The summed E-state index contributed by atoms with van der Waals surface area (Å²) in [4.78, 5) is 6.62. The Balaban J connectivity index is 2.39. The second-order valence-corrected chi connectivity index (χ2v) is 5.44. The third-order valence-corrected chi connectivity index (χ3v) is 4.03. The Bertz CT molecular complexity index is 281. The molecule has 1 heterocycles. The molecular weight excluding hydrogens is 230 g/mol. The van der Waals surface area contributed by atoms with Crippen molar-refractivity contribution >= 4 is 11.3 Å². The van der Waals surface area contributed by atoms with Crippen molar-refractivity contribution in [3.05, 3.63) is 16.6 Å². The fourth-order valence-electron chi connectivity index (χ4n) is 2.28. The molecule has 1 rings (SSSR count). The quantitative estimate of drug-likeness (QED) is 0.774. The maximum atomic E-state index is 4.29. The topological polar surface area (TPSA) is 28.2 Å². The van der Waals surface area contributed by atoms with Crippen LogP contribution in [-0.4, -0.2) is 36.6 Å². The van der Waals surface area contributed by atoms with Crippen molar-refractivity contribution in [2.24, 2.45) is 5.92 Å². The molecule has 1 atom stereocenters. The van der Waals surface area contributed by atoms with Gasteiger partial charge < -0.3 is 10.2 Å². The van der Waals surface area contributed by atoms with Gasteiger partial charge >= 0.3 is 0 Å². The highest BCUT2D eigenvalue weighted by atomic mass is 32.1. The smallest absolute Gasteiger partial charge is 0.0795 e. The van der Waals surface area contributed by atoms with Crippen LogP contribution in [0.25, 0.3) is 0 Å². The SMILES string of the molecule is CCC(CC)C(CNCc1cscn1)N(C)C. The van der Waals surface area contributed by atoms with E-state index in [4.69, 9.17) is 0 Å². The number of hydrogen-bond acceptors (Lipinski definition) is 4. The lowest BCUT2D eigenvalue weighted by Crippen LogP contribution is -2.42. The van der Waals surface area contributed by atoms with Crippen molar-refractivity contribution in [2.45, 2.75) is 39.3 Å². The molecule has 0 amide bonds. The van der Waals surface area contributed by atoms with Crippen molar-refractivity contribution in [3.8, 4) is 0 Å². The number of aromatic nitrogens is 1. The average molecular weight is 255 g/mol. The first-order chi connectivity index (χ1) is 8.19. The normalized spacial score (nSPS) is 13.5. The van der Waals surface area contributed by atoms with Gasteiger partial charge in [0.1, 0.15) is 0 Å². The molecule has 0 aliphatic carbocycles. The van der Waals surface area contributed by atoms with Gasteiger partial charge in [0.05, 0.1) is 11.2 Å². The molecule has 0 aliphatic rings. The summed E-state index contributed by atoms with van der Waals surface area (Å²) in [7, 11) is 4.35. The Hall–Kier alpha value is -0.450. The maximum Gasteiger partial charge on any atom is 0.0795 e. The number of rotatable bonds is 8. The molecule has 0 aromatic carbocycles. The summed E-state index contributed by atoms with van der Waals surface area (Å²) >= 11 is 1.66. The molecule has 3 nitrogen and oxygen atoms in total. The molecule has 0 spiro atoms. The zero-order valence-electron chi connectivity index (χ0n) is 11.4. The fraction of sp³-hybridized carbons (Fsp3) is 0.769. The van der Waals surface area contributed by atoms with Crippen LogP contribution in [0, 0.1) is 5.92 Å². The molecule has 4 heteroatoms. The van der Waals surface area contributed by atoms with E-state index in [2.05, 4.69) is 48.5 Å². The highest BCUT2D eigenvalue weighted by Crippen LogP contribution is 2.16. The van der Waals surface area contributed by atoms with Crippen LogP contribution in [0.5, 0.6) is 0 Å². The van der Waals surface area contributed by atoms with E-state index in [-0.39, 0.29) is 0 Å². The van der Waals surface area contributed by atoms with Gasteiger partial charge in [-0.15, -0.1) is 11.3 Å². The van der Waals surface area contributed by atoms with Gasteiger partial charge in [0.15, 0.2) is 0 Å². The van der Waals surface area contributed by atoms with Gasteiger partial charge in [-0.05, 0) is 20.0 Å². The van der Waals surface area contributed by atoms with Crippen molar-refractivity contribution in [3.63, 3.8) is 0 Å². The third-order valence-electron chi connectivity index (χ3n) is 3.40. The lowest BCUT2D eigenvalue weighted by Gasteiger charge is -2.31. The maximum absolute atomic E-state index is 4.29. The fourth-order valence-corrected chi connectivity index (χ4v) is 2.84. The van der Waals surface area contributed by atoms with E-state index in [9.17, 15) is 0 Å². The highest BCUT2D eigenvalue weighted by molar-refractivity contribution is 7.07. The summed E-state index contributed by atoms with van der Waals surface area (Å²) in [5.74, 6) is 0.771. The van der Waals surface area contributed by atoms with E-state index in [1.807, 2.05) is 5.51 Å². The minimum absolute atomic E-state index is 0.614. The van der Waals surface area contributed by atoms with E-state index < -0.39 is 0 Å². The van der Waals surface area contributed by atoms with Crippen LogP contribution >= 0.6 is 11.3 Å². The number of likely N-dealkylation sites (N-methyl/N-ethyl adjacent to an activating group) is 1. The minimum atomic E-state index is 0.614. The van der Waals surface area contributed by atoms with Gasteiger partial charge in [-0.1, -0.05) is 26.7 Å². The van der Waals surface area contributed by atoms with Crippen molar-refractivity contribution < 1.29 is 0 Å². The predicted molar refractivity (Wildman–Crippen MR) is 75.4 cm³/mol. The van der Waals surface area contributed by atoms with Crippen LogP contribution in [0.3, 0.4) is 0 Å². The Morgan fingerprint density at radius 1 is 1.35 bits per heavy atom. The average Bonchev–Trinajstić information content (AvgIpc) is 2.81. The van der Waals surface area contributed by atoms with Gasteiger partial charge in [-0.3, -0.25) is 0 Å². The first kappa shape index (κ1) is 14.6. The first-order valence-electron chi connectivity index (χ1n) is 6.43. The van der Waals surface area contributed by atoms with Crippen LogP contribution in [0.2, 0.25) is 0 Å². The van der Waals surface area contributed by atoms with Crippen molar-refractivity contribution in [2.75, 3.05) is 20.6 Å². The third kappa shape index (κ3) is 4.74. The van der Waals surface area contributed by atoms with E-state index in [1.54, 1.807) is 11.3 Å². The standard InChI is InChI=1S/C13H25N3S/c1-5-11(6-2)13(16(3)4)8-14-7-12-9-17-10-15-12/h9-11,13-14H,5-8H2,1-4H3. The van der Waals surface area contributed by atoms with E-state index >= 15 is 0 Å². The molecule has 0 fully saturated rings. The molecule has 0 bridgehead atoms. The lowest BCUT2D eigenvalue weighted by molar-refractivity contribution is 0.194. The Kier molecular flexibility index (Phi) is 6.70. The number of hydrogen-bond donors (Lipinski definition) is 1. The van der Waals surface area contributed by atoms with E-state index in [0.29, 0.717) is 6.04 Å². The summed E-state index contributed by atoms with van der Waals surface area (Å²) in [5, 5.41) is 5.63. The largest absolute Gasteiger partial charge is 0.310 e. The Morgan fingerprint density at radius 3 is 2.53 bits per heavy atom. The summed E-state index contributed by atoms with van der Waals surface area (Å²) in [6.45, 7) is 6.49.